The molecule has 32 heavy (non-hydrogen) atoms. The lowest BCUT2D eigenvalue weighted by Crippen LogP contribution is -2.40. The first-order valence-electron chi connectivity index (χ1n) is 10.3. The minimum atomic E-state index is -1.08. The molecule has 1 aliphatic rings. The molecule has 0 aromatic heterocycles. The van der Waals surface area contributed by atoms with Crippen LogP contribution < -0.4 is 15.8 Å². The summed E-state index contributed by atoms with van der Waals surface area (Å²) in [6.45, 7) is 1.41. The predicted octanol–water partition coefficient (Wildman–Crippen LogP) is 1.86. The van der Waals surface area contributed by atoms with Gasteiger partial charge in [-0.25, -0.2) is 0 Å². The number of carbonyl (C=O) groups excluding carboxylic acids is 2. The fourth-order valence-corrected chi connectivity index (χ4v) is 3.45. The number of likely N-dealkylation sites (tertiary alicyclic amines) is 1. The number of hydrogen-bond acceptors (Lipinski definition) is 5. The Kier molecular flexibility index (Phi) is 7.43. The molecule has 0 unspecified atom stereocenters. The number of nitrogens with zero attached hydrogens (tertiary/aromatic N) is 1. The summed E-state index contributed by atoms with van der Waals surface area (Å²) < 4.78 is 5.62. The molecule has 3 rings (SSSR count). The number of carbonyl (C=O) groups is 3. The van der Waals surface area contributed by atoms with Crippen molar-refractivity contribution in [3.05, 3.63) is 65.2 Å². The Hall–Kier alpha value is -3.88. The van der Waals surface area contributed by atoms with Gasteiger partial charge in [0.25, 0.3) is 11.8 Å². The smallest absolute Gasteiger partial charge is 0.305 e. The van der Waals surface area contributed by atoms with E-state index in [1.165, 1.54) is 0 Å². The lowest BCUT2D eigenvalue weighted by molar-refractivity contribution is -0.137. The first-order valence-corrected chi connectivity index (χ1v) is 10.3. The van der Waals surface area contributed by atoms with Gasteiger partial charge in [-0.2, -0.15) is 0 Å². The molecular weight excluding hydrogens is 412 g/mol. The van der Waals surface area contributed by atoms with Crippen molar-refractivity contribution >= 4 is 23.6 Å². The monoisotopic (exact) mass is 438 g/mol. The third-order valence-corrected chi connectivity index (χ3v) is 5.14. The Balaban J connectivity index is 1.62. The third kappa shape index (κ3) is 6.07. The van der Waals surface area contributed by atoms with Crippen LogP contribution >= 0.6 is 0 Å². The fourth-order valence-electron chi connectivity index (χ4n) is 3.45. The number of rotatable bonds is 9. The van der Waals surface area contributed by atoms with Gasteiger partial charge in [0.2, 0.25) is 0 Å². The Morgan fingerprint density at radius 3 is 2.34 bits per heavy atom. The molecule has 2 aromatic rings. The van der Waals surface area contributed by atoms with Gasteiger partial charge in [0.05, 0.1) is 12.5 Å². The van der Waals surface area contributed by atoms with Crippen LogP contribution in [0.3, 0.4) is 0 Å². The van der Waals surface area contributed by atoms with E-state index in [-0.39, 0.29) is 24.8 Å². The van der Waals surface area contributed by atoms with Crippen LogP contribution in [-0.2, 0) is 4.79 Å². The van der Waals surface area contributed by atoms with Gasteiger partial charge < -0.3 is 25.8 Å². The molecule has 168 valence electrons. The molecular formula is C23H26N4O5. The zero-order valence-electron chi connectivity index (χ0n) is 17.5. The van der Waals surface area contributed by atoms with Crippen molar-refractivity contribution in [3.8, 4) is 5.75 Å². The normalized spacial score (nSPS) is 13.9. The SMILES string of the molecule is N=C(N)c1cccc(OC[C@@H](CC(=O)O)NC(=O)c2ccc(C(=O)N3CCCC3)cc2)c1. The van der Waals surface area contributed by atoms with Crippen LogP contribution in [0, 0.1) is 5.41 Å². The predicted molar refractivity (Wildman–Crippen MR) is 118 cm³/mol. The molecule has 0 spiro atoms. The van der Waals surface area contributed by atoms with Gasteiger partial charge in [-0.3, -0.25) is 19.8 Å². The first-order chi connectivity index (χ1) is 15.3. The van der Waals surface area contributed by atoms with Gasteiger partial charge in [-0.15, -0.1) is 0 Å². The molecule has 9 nitrogen and oxygen atoms in total. The average molecular weight is 438 g/mol. The molecule has 2 aromatic carbocycles. The maximum atomic E-state index is 12.6. The maximum absolute atomic E-state index is 12.6. The second-order valence-electron chi connectivity index (χ2n) is 7.60. The van der Waals surface area contributed by atoms with Crippen molar-refractivity contribution in [2.24, 2.45) is 5.73 Å². The van der Waals surface area contributed by atoms with Crippen molar-refractivity contribution < 1.29 is 24.2 Å². The summed E-state index contributed by atoms with van der Waals surface area (Å²) in [6, 6.07) is 12.1. The van der Waals surface area contributed by atoms with E-state index in [1.807, 2.05) is 0 Å². The molecule has 5 N–H and O–H groups in total. The number of amidine groups is 1. The number of amides is 2. The van der Waals surface area contributed by atoms with E-state index >= 15 is 0 Å². The van der Waals surface area contributed by atoms with Crippen LogP contribution in [0.5, 0.6) is 5.75 Å². The molecule has 0 saturated carbocycles. The third-order valence-electron chi connectivity index (χ3n) is 5.14. The molecule has 1 saturated heterocycles. The van der Waals surface area contributed by atoms with E-state index in [0.717, 1.165) is 25.9 Å². The number of nitrogen functional groups attached to an aromatic ring is 1. The number of nitrogens with two attached hydrogens (primary N) is 1. The minimum absolute atomic E-state index is 0.0561. The van der Waals surface area contributed by atoms with E-state index < -0.39 is 17.9 Å². The molecule has 0 radical (unpaired) electrons. The van der Waals surface area contributed by atoms with E-state index in [1.54, 1.807) is 53.4 Å². The van der Waals surface area contributed by atoms with Crippen LogP contribution in [-0.4, -0.2) is 59.4 Å². The lowest BCUT2D eigenvalue weighted by Gasteiger charge is -2.18. The van der Waals surface area contributed by atoms with Gasteiger partial charge in [-0.05, 0) is 49.2 Å². The maximum Gasteiger partial charge on any atom is 0.305 e. The number of hydrogen-bond donors (Lipinski definition) is 4. The highest BCUT2D eigenvalue weighted by molar-refractivity contribution is 5.98. The van der Waals surface area contributed by atoms with E-state index in [0.29, 0.717) is 22.4 Å². The Morgan fingerprint density at radius 1 is 1.06 bits per heavy atom. The van der Waals surface area contributed by atoms with Crippen LogP contribution in [0.1, 0.15) is 45.5 Å². The number of aliphatic carboxylic acids is 1. The minimum Gasteiger partial charge on any atom is -0.491 e. The highest BCUT2D eigenvalue weighted by Crippen LogP contribution is 2.15. The van der Waals surface area contributed by atoms with E-state index in [2.05, 4.69) is 5.32 Å². The number of nitrogens with one attached hydrogen (secondary N) is 2. The molecule has 9 heteroatoms. The summed E-state index contributed by atoms with van der Waals surface area (Å²) in [5.74, 6) is -1.30. The van der Waals surface area contributed by atoms with Crippen molar-refractivity contribution in [3.63, 3.8) is 0 Å². The Morgan fingerprint density at radius 2 is 1.72 bits per heavy atom. The molecule has 1 fully saturated rings. The van der Waals surface area contributed by atoms with Gasteiger partial charge in [0, 0.05) is 29.8 Å². The standard InChI is InChI=1S/C23H26N4O5/c24-21(25)17-4-3-5-19(12-17)32-14-18(13-20(28)29)26-22(30)15-6-8-16(9-7-15)23(31)27-10-1-2-11-27/h3-9,12,18H,1-2,10-11,13-14H2,(H3,24,25)(H,26,30)(H,28,29)/t18-/m1/s1. The van der Waals surface area contributed by atoms with E-state index in [9.17, 15) is 19.5 Å². The number of benzene rings is 2. The number of ether oxygens (including phenoxy) is 1. The van der Waals surface area contributed by atoms with Crippen molar-refractivity contribution in [2.45, 2.75) is 25.3 Å². The summed E-state index contributed by atoms with van der Waals surface area (Å²) in [5, 5.41) is 19.3. The zero-order valence-corrected chi connectivity index (χ0v) is 17.5. The molecule has 0 aliphatic carbocycles. The summed E-state index contributed by atoms with van der Waals surface area (Å²) in [6.07, 6.45) is 1.67. The van der Waals surface area contributed by atoms with Gasteiger partial charge in [0.15, 0.2) is 0 Å². The highest BCUT2D eigenvalue weighted by atomic mass is 16.5. The first kappa shape index (κ1) is 22.8. The molecule has 0 bridgehead atoms. The van der Waals surface area contributed by atoms with E-state index in [4.69, 9.17) is 15.9 Å². The van der Waals surface area contributed by atoms with Crippen molar-refractivity contribution in [2.75, 3.05) is 19.7 Å². The zero-order chi connectivity index (χ0) is 23.1. The summed E-state index contributed by atoms with van der Waals surface area (Å²) >= 11 is 0. The molecule has 2 amide bonds. The lowest BCUT2D eigenvalue weighted by atomic mass is 10.1. The van der Waals surface area contributed by atoms with Crippen LogP contribution in [0.2, 0.25) is 0 Å². The summed E-state index contributed by atoms with van der Waals surface area (Å²) in [4.78, 5) is 38.1. The molecule has 1 heterocycles. The molecule has 1 aliphatic heterocycles. The fraction of sp³-hybridized carbons (Fsp3) is 0.304. The second kappa shape index (κ2) is 10.4. The Labute approximate surface area is 185 Å². The summed E-state index contributed by atoms with van der Waals surface area (Å²) in [7, 11) is 0. The van der Waals surface area contributed by atoms with Crippen LogP contribution in [0.25, 0.3) is 0 Å². The van der Waals surface area contributed by atoms with Crippen LogP contribution in [0.15, 0.2) is 48.5 Å². The van der Waals surface area contributed by atoms with Gasteiger partial charge in [-0.1, -0.05) is 12.1 Å². The van der Waals surface area contributed by atoms with Crippen molar-refractivity contribution in [1.29, 1.82) is 5.41 Å². The average Bonchev–Trinajstić information content (AvgIpc) is 3.32. The highest BCUT2D eigenvalue weighted by Gasteiger charge is 2.21. The summed E-state index contributed by atoms with van der Waals surface area (Å²) in [5.41, 5.74) is 6.78. The number of carboxylic acid groups (broad SMARTS) is 1. The second-order valence-corrected chi connectivity index (χ2v) is 7.60. The Bertz CT molecular complexity index is 1000. The topological polar surface area (TPSA) is 146 Å². The largest absolute Gasteiger partial charge is 0.491 e. The van der Waals surface area contributed by atoms with Gasteiger partial charge in [0.1, 0.15) is 18.2 Å². The van der Waals surface area contributed by atoms with Crippen LogP contribution in [0.4, 0.5) is 0 Å². The van der Waals surface area contributed by atoms with Crippen molar-refractivity contribution in [1.82, 2.24) is 10.2 Å². The van der Waals surface area contributed by atoms with Gasteiger partial charge >= 0.3 is 5.97 Å². The number of carboxylic acids is 1. The molecule has 1 atom stereocenters. The quantitative estimate of drug-likeness (QED) is 0.347.